The Kier molecular flexibility index (Phi) is 6.70. The number of nitrogens with one attached hydrogen (secondary N) is 1. The van der Waals surface area contributed by atoms with E-state index < -0.39 is 23.5 Å². The van der Waals surface area contributed by atoms with Crippen molar-refractivity contribution < 1.29 is 28.6 Å². The highest BCUT2D eigenvalue weighted by Gasteiger charge is 2.23. The van der Waals surface area contributed by atoms with Gasteiger partial charge in [0.25, 0.3) is 0 Å². The lowest BCUT2D eigenvalue weighted by Gasteiger charge is -2.20. The molecular formula is C31H26NO7-. The Morgan fingerprint density at radius 2 is 1.59 bits per heavy atom. The first kappa shape index (κ1) is 25.8. The van der Waals surface area contributed by atoms with Gasteiger partial charge in [-0.1, -0.05) is 42.5 Å². The molecule has 0 unspecified atom stereocenters. The molecule has 0 bridgehead atoms. The molecule has 0 aliphatic rings. The van der Waals surface area contributed by atoms with E-state index in [0.717, 1.165) is 22.3 Å². The fourth-order valence-electron chi connectivity index (χ4n) is 5.01. The lowest BCUT2D eigenvalue weighted by atomic mass is 9.96. The van der Waals surface area contributed by atoms with Gasteiger partial charge in [0.1, 0.15) is 22.7 Å². The lowest BCUT2D eigenvalue weighted by molar-refractivity contribution is -0.308. The minimum atomic E-state index is -1.46. The van der Waals surface area contributed by atoms with E-state index in [2.05, 4.69) is 5.32 Å². The summed E-state index contributed by atoms with van der Waals surface area (Å²) in [5, 5.41) is 25.1. The number of hydrogen-bond donors (Lipinski definition) is 2. The second-order valence-corrected chi connectivity index (χ2v) is 9.63. The van der Waals surface area contributed by atoms with E-state index in [0.29, 0.717) is 33.2 Å². The third-order valence-electron chi connectivity index (χ3n) is 7.03. The van der Waals surface area contributed by atoms with E-state index in [1.807, 2.05) is 50.2 Å². The first-order valence-electron chi connectivity index (χ1n) is 12.5. The lowest BCUT2D eigenvalue weighted by Crippen LogP contribution is -2.49. The molecular weight excluding hydrogens is 498 g/mol. The van der Waals surface area contributed by atoms with Crippen LogP contribution in [-0.2, 0) is 22.4 Å². The normalized spacial score (nSPS) is 12.1. The van der Waals surface area contributed by atoms with Crippen LogP contribution in [0, 0.1) is 20.8 Å². The smallest absolute Gasteiger partial charge is 0.340 e. The largest absolute Gasteiger partial charge is 0.548 e. The van der Waals surface area contributed by atoms with Crippen molar-refractivity contribution in [2.45, 2.75) is 39.7 Å². The van der Waals surface area contributed by atoms with E-state index in [-0.39, 0.29) is 24.2 Å². The van der Waals surface area contributed by atoms with Gasteiger partial charge in [0.2, 0.25) is 5.91 Å². The number of amides is 1. The fraction of sp³-hybridized carbons (Fsp3) is 0.194. The first-order chi connectivity index (χ1) is 18.6. The summed E-state index contributed by atoms with van der Waals surface area (Å²) in [5.41, 5.74) is 4.23. The van der Waals surface area contributed by atoms with Crippen LogP contribution in [0.15, 0.2) is 74.3 Å². The maximum atomic E-state index is 13.0. The molecule has 8 nitrogen and oxygen atoms in total. The number of aromatic hydroxyl groups is 1. The average molecular weight is 525 g/mol. The molecule has 198 valence electrons. The van der Waals surface area contributed by atoms with E-state index in [9.17, 15) is 24.6 Å². The maximum Gasteiger partial charge on any atom is 0.340 e. The Morgan fingerprint density at radius 1 is 0.923 bits per heavy atom. The topological polar surface area (TPSA) is 133 Å². The summed E-state index contributed by atoms with van der Waals surface area (Å²) in [7, 11) is 0. The van der Waals surface area contributed by atoms with Crippen molar-refractivity contribution in [2.24, 2.45) is 0 Å². The number of hydrogen-bond acceptors (Lipinski definition) is 7. The van der Waals surface area contributed by atoms with Gasteiger partial charge in [-0.2, -0.15) is 0 Å². The predicted octanol–water partition coefficient (Wildman–Crippen LogP) is 3.86. The summed E-state index contributed by atoms with van der Waals surface area (Å²) in [6.45, 7) is 5.46. The molecule has 0 fully saturated rings. The Balaban J connectivity index is 1.51. The number of furan rings is 1. The number of carbonyl (C=O) groups is 2. The molecule has 0 spiro atoms. The Labute approximate surface area is 223 Å². The highest BCUT2D eigenvalue weighted by atomic mass is 16.4. The number of phenolic OH excluding ortho intramolecular Hbond substituents is 1. The second-order valence-electron chi connectivity index (χ2n) is 9.63. The van der Waals surface area contributed by atoms with Crippen LogP contribution in [0.5, 0.6) is 5.75 Å². The van der Waals surface area contributed by atoms with Crippen molar-refractivity contribution in [3.8, 4) is 16.9 Å². The minimum Gasteiger partial charge on any atom is -0.548 e. The van der Waals surface area contributed by atoms with Gasteiger partial charge in [0.15, 0.2) is 0 Å². The molecule has 0 aliphatic carbocycles. The number of carbonyl (C=O) groups excluding carboxylic acids is 2. The summed E-state index contributed by atoms with van der Waals surface area (Å²) >= 11 is 0. The van der Waals surface area contributed by atoms with Crippen molar-refractivity contribution in [2.75, 3.05) is 0 Å². The predicted molar refractivity (Wildman–Crippen MR) is 144 cm³/mol. The van der Waals surface area contributed by atoms with Crippen LogP contribution >= 0.6 is 0 Å². The maximum absolute atomic E-state index is 13.0. The van der Waals surface area contributed by atoms with Crippen LogP contribution in [0.2, 0.25) is 0 Å². The van der Waals surface area contributed by atoms with E-state index in [1.165, 1.54) is 12.1 Å². The van der Waals surface area contributed by atoms with E-state index in [1.54, 1.807) is 19.1 Å². The number of aryl methyl sites for hydroxylation is 3. The first-order valence-corrected chi connectivity index (χ1v) is 12.5. The van der Waals surface area contributed by atoms with Crippen LogP contribution in [0.25, 0.3) is 33.1 Å². The quantitative estimate of drug-likeness (QED) is 0.309. The zero-order valence-corrected chi connectivity index (χ0v) is 21.7. The second kappa shape index (κ2) is 10.1. The van der Waals surface area contributed by atoms with Crippen molar-refractivity contribution in [1.82, 2.24) is 5.32 Å². The number of carboxylic acids is 1. The summed E-state index contributed by atoms with van der Waals surface area (Å²) in [6.07, 6.45) is -0.407. The molecule has 3 aromatic carbocycles. The minimum absolute atomic E-state index is 0.0419. The molecule has 0 aliphatic heterocycles. The summed E-state index contributed by atoms with van der Waals surface area (Å²) in [4.78, 5) is 37.6. The molecule has 2 N–H and O–H groups in total. The van der Waals surface area contributed by atoms with Crippen molar-refractivity contribution in [3.05, 3.63) is 99.1 Å². The molecule has 39 heavy (non-hydrogen) atoms. The molecule has 2 aromatic heterocycles. The number of fused-ring (bicyclic) bond motifs is 2. The number of aliphatic carboxylic acids is 1. The van der Waals surface area contributed by atoms with Crippen molar-refractivity contribution in [3.63, 3.8) is 0 Å². The third kappa shape index (κ3) is 4.88. The van der Waals surface area contributed by atoms with E-state index >= 15 is 0 Å². The zero-order chi connectivity index (χ0) is 27.8. The van der Waals surface area contributed by atoms with Gasteiger partial charge in [-0.15, -0.1) is 0 Å². The fourth-order valence-corrected chi connectivity index (χ4v) is 5.01. The van der Waals surface area contributed by atoms with Crippen molar-refractivity contribution >= 4 is 33.8 Å². The highest BCUT2D eigenvalue weighted by molar-refractivity contribution is 6.06. The molecule has 8 heteroatoms. The Morgan fingerprint density at radius 3 is 2.26 bits per heavy atom. The number of benzene rings is 3. The van der Waals surface area contributed by atoms with Crippen LogP contribution in [0.1, 0.15) is 28.0 Å². The molecule has 0 radical (unpaired) electrons. The molecule has 1 amide bonds. The monoisotopic (exact) mass is 524 g/mol. The molecule has 5 aromatic rings. The number of phenols is 1. The third-order valence-corrected chi connectivity index (χ3v) is 7.03. The van der Waals surface area contributed by atoms with Gasteiger partial charge in [-0.05, 0) is 62.1 Å². The van der Waals surface area contributed by atoms with Gasteiger partial charge in [-0.25, -0.2) is 4.79 Å². The van der Waals surface area contributed by atoms with Gasteiger partial charge >= 0.3 is 5.63 Å². The summed E-state index contributed by atoms with van der Waals surface area (Å²) in [5.74, 6) is -1.34. The van der Waals surface area contributed by atoms with Gasteiger partial charge in [-0.3, -0.25) is 4.79 Å². The van der Waals surface area contributed by atoms with E-state index in [4.69, 9.17) is 8.83 Å². The molecule has 1 atom stereocenters. The zero-order valence-electron chi connectivity index (χ0n) is 21.7. The average Bonchev–Trinajstić information content (AvgIpc) is 3.24. The number of carboxylic acid groups (broad SMARTS) is 1. The summed E-state index contributed by atoms with van der Waals surface area (Å²) < 4.78 is 11.8. The number of rotatable bonds is 7. The standard InChI is InChI=1S/C31H27NO7/c1-16-22-14-24-27(20-7-5-4-6-8-20)18(3)38-29(24)17(2)28(22)39-31(37)23(16)15-26(34)32-25(30(35)36)13-19-9-11-21(33)12-10-19/h4-12,14,25,33H,13,15H2,1-3H3,(H,32,34)(H,35,36)/p-1/t25-/m0/s1. The van der Waals surface area contributed by atoms with Gasteiger partial charge < -0.3 is 29.2 Å². The van der Waals surface area contributed by atoms with Crippen LogP contribution in [0.4, 0.5) is 0 Å². The Bertz CT molecular complexity index is 1780. The van der Waals surface area contributed by atoms with Gasteiger partial charge in [0.05, 0.1) is 24.0 Å². The van der Waals surface area contributed by atoms with Crippen LogP contribution < -0.4 is 16.0 Å². The molecule has 2 heterocycles. The van der Waals surface area contributed by atoms with Crippen molar-refractivity contribution in [1.29, 1.82) is 0 Å². The summed E-state index contributed by atoms with van der Waals surface area (Å²) in [6, 6.07) is 16.4. The van der Waals surface area contributed by atoms with Gasteiger partial charge in [0, 0.05) is 21.9 Å². The molecule has 5 rings (SSSR count). The van der Waals surface area contributed by atoms with Crippen LogP contribution in [0.3, 0.4) is 0 Å². The Hall–Kier alpha value is -4.85. The van der Waals surface area contributed by atoms with Crippen LogP contribution in [-0.4, -0.2) is 23.0 Å². The molecule has 0 saturated heterocycles. The SMILES string of the molecule is Cc1oc2c(C)c3oc(=O)c(CC(=O)N[C@@H](Cc4ccc(O)cc4)C(=O)[O-])c(C)c3cc2c1-c1ccccc1. The highest BCUT2D eigenvalue weighted by Crippen LogP contribution is 2.39. The molecule has 0 saturated carbocycles.